The van der Waals surface area contributed by atoms with Crippen molar-refractivity contribution in [1.29, 1.82) is 0 Å². The maximum absolute atomic E-state index is 12.4. The molecule has 0 aliphatic carbocycles. The van der Waals surface area contributed by atoms with E-state index < -0.39 is 29.7 Å². The number of nitrogens with one attached hydrogen (secondary N) is 1. The minimum atomic E-state index is -3.12. The molecule has 2 rings (SSSR count). The molecule has 0 saturated heterocycles. The first kappa shape index (κ1) is 25.1. The van der Waals surface area contributed by atoms with Gasteiger partial charge in [-0.15, -0.1) is 0 Å². The Kier molecular flexibility index (Phi) is 9.23. The molecule has 31 heavy (non-hydrogen) atoms. The Morgan fingerprint density at radius 3 is 2.13 bits per heavy atom. The molecule has 2 unspecified atom stereocenters. The third-order valence-electron chi connectivity index (χ3n) is 4.31. The topological polar surface area (TPSA) is 84.9 Å². The van der Waals surface area contributed by atoms with E-state index in [0.717, 1.165) is 11.1 Å². The third kappa shape index (κ3) is 9.64. The first-order valence-electron chi connectivity index (χ1n) is 10.1. The average Bonchev–Trinajstić information content (AvgIpc) is 2.71. The van der Waals surface area contributed by atoms with Crippen molar-refractivity contribution in [2.75, 3.05) is 6.16 Å². The van der Waals surface area contributed by atoms with Crippen molar-refractivity contribution in [3.63, 3.8) is 0 Å². The lowest BCUT2D eigenvalue weighted by Crippen LogP contribution is -2.37. The number of carbonyl (C=O) groups is 2. The maximum Gasteiger partial charge on any atom is 0.408 e. The molecular formula is C23H30NO5PS. The molecule has 2 aromatic carbocycles. The number of ether oxygens (including phenoxy) is 2. The number of carbonyl (C=O) groups excluding carboxylic acids is 2. The van der Waals surface area contributed by atoms with Crippen LogP contribution in [0.5, 0.6) is 0 Å². The van der Waals surface area contributed by atoms with Gasteiger partial charge in [0.05, 0.1) is 18.5 Å². The fourth-order valence-electron chi connectivity index (χ4n) is 2.83. The fraction of sp³-hybridized carbons (Fsp3) is 0.391. The van der Waals surface area contributed by atoms with Crippen LogP contribution >= 0.6 is 6.26 Å². The number of alkyl carbamates (subject to hydrolysis) is 1. The maximum atomic E-state index is 12.4. The summed E-state index contributed by atoms with van der Waals surface area (Å²) in [5.41, 5.74) is 1.15. The van der Waals surface area contributed by atoms with Gasteiger partial charge in [0, 0.05) is 6.16 Å². The van der Waals surface area contributed by atoms with Crippen LogP contribution < -0.4 is 5.32 Å². The molecule has 0 aromatic heterocycles. The lowest BCUT2D eigenvalue weighted by atomic mass is 10.1. The molecular weight excluding hydrogens is 433 g/mol. The summed E-state index contributed by atoms with van der Waals surface area (Å²) in [6.07, 6.45) is -3.40. The zero-order chi connectivity index (χ0) is 22.9. The van der Waals surface area contributed by atoms with E-state index in [1.54, 1.807) is 20.8 Å². The van der Waals surface area contributed by atoms with Gasteiger partial charge in [0.25, 0.3) is 0 Å². The van der Waals surface area contributed by atoms with E-state index in [-0.39, 0.29) is 19.2 Å². The zero-order valence-electron chi connectivity index (χ0n) is 18.1. The zero-order valence-corrected chi connectivity index (χ0v) is 19.8. The van der Waals surface area contributed by atoms with Gasteiger partial charge in [-0.25, -0.2) is 4.79 Å². The van der Waals surface area contributed by atoms with E-state index in [4.69, 9.17) is 21.3 Å². The summed E-state index contributed by atoms with van der Waals surface area (Å²) in [6, 6.07) is 18.7. The predicted octanol–water partition coefficient (Wildman–Crippen LogP) is 4.60. The average molecular weight is 464 g/mol. The van der Waals surface area contributed by atoms with E-state index >= 15 is 0 Å². The Morgan fingerprint density at radius 2 is 1.58 bits per heavy atom. The van der Waals surface area contributed by atoms with E-state index in [1.807, 2.05) is 60.7 Å². The molecule has 1 amide bonds. The minimum Gasteiger partial charge on any atom is -0.460 e. The van der Waals surface area contributed by atoms with Crippen LogP contribution in [0.1, 0.15) is 38.3 Å². The Hall–Kier alpha value is -2.21. The summed E-state index contributed by atoms with van der Waals surface area (Å²) in [5.74, 6) is -1.16. The van der Waals surface area contributed by atoms with Gasteiger partial charge in [-0.2, -0.15) is 0 Å². The molecule has 0 radical (unpaired) electrons. The van der Waals surface area contributed by atoms with Crippen LogP contribution in [0, 0.1) is 0 Å². The Labute approximate surface area is 189 Å². The van der Waals surface area contributed by atoms with E-state index in [0.29, 0.717) is 6.42 Å². The molecule has 0 saturated carbocycles. The standard InChI is InChI=1S/C23H30NO5PS/c1-23(2,3)29-21(25)14-15-30(27,31)20(16-18-10-6-4-7-11-18)24-22(26)28-17-19-12-8-5-9-13-19/h4-13,20H,14-17H2,1-3H3,(H,24,26)(H,27,31). The Balaban J connectivity index is 2.04. The second-order valence-corrected chi connectivity index (χ2v) is 12.7. The largest absolute Gasteiger partial charge is 0.460 e. The van der Waals surface area contributed by atoms with Crippen LogP contribution in [0.25, 0.3) is 0 Å². The second-order valence-electron chi connectivity index (χ2n) is 8.23. The highest BCUT2D eigenvalue weighted by atomic mass is 32.4. The molecule has 8 heteroatoms. The lowest BCUT2D eigenvalue weighted by molar-refractivity contribution is -0.154. The van der Waals surface area contributed by atoms with E-state index in [9.17, 15) is 14.5 Å². The number of esters is 1. The van der Waals surface area contributed by atoms with E-state index in [2.05, 4.69) is 5.32 Å². The van der Waals surface area contributed by atoms with Crippen molar-refractivity contribution in [3.8, 4) is 0 Å². The molecule has 0 heterocycles. The summed E-state index contributed by atoms with van der Waals surface area (Å²) < 4.78 is 10.6. The Bertz CT molecular complexity index is 899. The van der Waals surface area contributed by atoms with Crippen LogP contribution in [-0.4, -0.2) is 34.5 Å². The van der Waals surface area contributed by atoms with Crippen molar-refractivity contribution >= 4 is 30.1 Å². The molecule has 168 valence electrons. The Morgan fingerprint density at radius 1 is 1.03 bits per heavy atom. The predicted molar refractivity (Wildman–Crippen MR) is 126 cm³/mol. The second kappa shape index (κ2) is 11.4. The molecule has 0 spiro atoms. The van der Waals surface area contributed by atoms with Crippen LogP contribution in [0.4, 0.5) is 4.79 Å². The summed E-state index contributed by atoms with van der Waals surface area (Å²) >= 11 is 5.51. The molecule has 0 fully saturated rings. The van der Waals surface area contributed by atoms with Gasteiger partial charge in [-0.05, 0) is 38.3 Å². The third-order valence-corrected chi connectivity index (χ3v) is 7.77. The SMILES string of the molecule is CC(C)(C)OC(=O)CCP(O)(=S)C(Cc1ccccc1)NC(=O)OCc1ccccc1. The van der Waals surface area contributed by atoms with Gasteiger partial charge in [0.1, 0.15) is 12.2 Å². The number of benzene rings is 2. The van der Waals surface area contributed by atoms with Crippen LogP contribution in [0.15, 0.2) is 60.7 Å². The summed E-state index contributed by atoms with van der Waals surface area (Å²) in [5, 5.41) is 2.73. The molecule has 0 bridgehead atoms. The molecule has 2 atom stereocenters. The van der Waals surface area contributed by atoms with Crippen LogP contribution in [-0.2, 0) is 39.1 Å². The van der Waals surface area contributed by atoms with Crippen LogP contribution in [0.2, 0.25) is 0 Å². The van der Waals surface area contributed by atoms with Gasteiger partial charge < -0.3 is 19.7 Å². The number of rotatable bonds is 9. The first-order chi connectivity index (χ1) is 14.5. The summed E-state index contributed by atoms with van der Waals surface area (Å²) in [7, 11) is 0. The highest BCUT2D eigenvalue weighted by Crippen LogP contribution is 2.47. The van der Waals surface area contributed by atoms with Gasteiger partial charge in [0.2, 0.25) is 0 Å². The molecule has 2 aromatic rings. The number of amides is 1. The van der Waals surface area contributed by atoms with Gasteiger partial charge >= 0.3 is 12.1 Å². The number of hydrogen-bond donors (Lipinski definition) is 2. The highest BCUT2D eigenvalue weighted by Gasteiger charge is 2.30. The van der Waals surface area contributed by atoms with Crippen molar-refractivity contribution in [2.45, 2.75) is 51.6 Å². The van der Waals surface area contributed by atoms with Crippen molar-refractivity contribution in [2.24, 2.45) is 0 Å². The minimum absolute atomic E-state index is 0.0168. The van der Waals surface area contributed by atoms with E-state index in [1.165, 1.54) is 0 Å². The molecule has 2 N–H and O–H groups in total. The number of hydrogen-bond acceptors (Lipinski definition) is 5. The summed E-state index contributed by atoms with van der Waals surface area (Å²) in [6.45, 7) is 5.45. The highest BCUT2D eigenvalue weighted by molar-refractivity contribution is 8.12. The normalized spacial score (nSPS) is 14.2. The first-order valence-corrected chi connectivity index (χ1v) is 13.1. The fourth-order valence-corrected chi connectivity index (χ4v) is 5.11. The van der Waals surface area contributed by atoms with Crippen LogP contribution in [0.3, 0.4) is 0 Å². The molecule has 6 nitrogen and oxygen atoms in total. The van der Waals surface area contributed by atoms with Crippen molar-refractivity contribution in [3.05, 3.63) is 71.8 Å². The lowest BCUT2D eigenvalue weighted by Gasteiger charge is -2.28. The van der Waals surface area contributed by atoms with Crippen molar-refractivity contribution in [1.82, 2.24) is 5.32 Å². The van der Waals surface area contributed by atoms with Gasteiger partial charge in [0.15, 0.2) is 0 Å². The molecule has 0 aliphatic heterocycles. The van der Waals surface area contributed by atoms with Crippen molar-refractivity contribution < 1.29 is 24.0 Å². The quantitative estimate of drug-likeness (QED) is 0.418. The summed E-state index contributed by atoms with van der Waals surface area (Å²) in [4.78, 5) is 35.6. The monoisotopic (exact) mass is 463 g/mol. The smallest absolute Gasteiger partial charge is 0.408 e. The molecule has 0 aliphatic rings. The van der Waals surface area contributed by atoms with Gasteiger partial charge in [-0.1, -0.05) is 72.5 Å². The van der Waals surface area contributed by atoms with Gasteiger partial charge in [-0.3, -0.25) is 4.79 Å².